The molecule has 0 radical (unpaired) electrons. The average molecular weight is 402 g/mol. The molecule has 1 aromatic heterocycles. The molecule has 6 heteroatoms. The second-order valence-corrected chi connectivity index (χ2v) is 7.78. The average Bonchev–Trinajstić information content (AvgIpc) is 3.23. The van der Waals surface area contributed by atoms with E-state index in [0.717, 1.165) is 25.1 Å². The Morgan fingerprint density at radius 3 is 2.52 bits per heavy atom. The van der Waals surface area contributed by atoms with Crippen molar-refractivity contribution >= 4 is 10.9 Å². The van der Waals surface area contributed by atoms with Gasteiger partial charge in [-0.05, 0) is 68.1 Å². The molecule has 1 atom stereocenters. The van der Waals surface area contributed by atoms with Crippen LogP contribution in [0.3, 0.4) is 0 Å². The smallest absolute Gasteiger partial charge is 0.406 e. The molecular weight excluding hydrogens is 377 g/mol. The van der Waals surface area contributed by atoms with E-state index in [0.29, 0.717) is 12.5 Å². The Balaban J connectivity index is 1.55. The first-order valence-electron chi connectivity index (χ1n) is 10.0. The number of para-hydroxylation sites is 1. The van der Waals surface area contributed by atoms with Crippen LogP contribution in [0.1, 0.15) is 30.5 Å². The Morgan fingerprint density at radius 2 is 1.83 bits per heavy atom. The summed E-state index contributed by atoms with van der Waals surface area (Å²) in [5, 5.41) is 1.19. The molecule has 2 aromatic carbocycles. The van der Waals surface area contributed by atoms with E-state index in [1.54, 1.807) is 12.1 Å². The highest BCUT2D eigenvalue weighted by Gasteiger charge is 2.31. The number of halogens is 3. The van der Waals surface area contributed by atoms with Crippen molar-refractivity contribution in [2.24, 2.45) is 0 Å². The molecule has 1 aliphatic rings. The zero-order chi connectivity index (χ0) is 20.4. The summed E-state index contributed by atoms with van der Waals surface area (Å²) in [4.78, 5) is 2.44. The Hall–Kier alpha value is -2.47. The monoisotopic (exact) mass is 402 g/mol. The minimum atomic E-state index is -4.67. The van der Waals surface area contributed by atoms with E-state index in [-0.39, 0.29) is 5.75 Å². The van der Waals surface area contributed by atoms with Gasteiger partial charge in [0.15, 0.2) is 0 Å². The van der Waals surface area contributed by atoms with Gasteiger partial charge in [0.1, 0.15) is 5.75 Å². The number of aromatic nitrogens is 1. The van der Waals surface area contributed by atoms with Gasteiger partial charge in [0, 0.05) is 30.2 Å². The number of alkyl halides is 3. The lowest BCUT2D eigenvalue weighted by molar-refractivity contribution is -0.274. The Labute approximate surface area is 168 Å². The Bertz CT molecular complexity index is 962. The van der Waals surface area contributed by atoms with Crippen molar-refractivity contribution in [3.05, 3.63) is 65.9 Å². The van der Waals surface area contributed by atoms with Crippen LogP contribution in [0, 0.1) is 0 Å². The summed E-state index contributed by atoms with van der Waals surface area (Å²) >= 11 is 0. The second kappa shape index (κ2) is 8.11. The minimum Gasteiger partial charge on any atom is -0.406 e. The number of likely N-dealkylation sites (tertiary alicyclic amines) is 1. The van der Waals surface area contributed by atoms with Crippen LogP contribution in [-0.4, -0.2) is 35.5 Å². The molecule has 0 aliphatic carbocycles. The molecule has 0 spiro atoms. The van der Waals surface area contributed by atoms with E-state index in [1.807, 2.05) is 12.1 Å². The molecule has 0 N–H and O–H groups in total. The fraction of sp³-hybridized carbons (Fsp3) is 0.391. The first kappa shape index (κ1) is 19.8. The van der Waals surface area contributed by atoms with E-state index in [1.165, 1.54) is 41.6 Å². The number of hydrogen-bond donors (Lipinski definition) is 0. The van der Waals surface area contributed by atoms with Crippen LogP contribution in [0.2, 0.25) is 0 Å². The Morgan fingerprint density at radius 1 is 1.07 bits per heavy atom. The number of rotatable bonds is 6. The molecule has 0 bridgehead atoms. The largest absolute Gasteiger partial charge is 0.573 e. The molecule has 3 nitrogen and oxygen atoms in total. The first-order valence-corrected chi connectivity index (χ1v) is 10.0. The summed E-state index contributed by atoms with van der Waals surface area (Å²) < 4.78 is 43.5. The maximum absolute atomic E-state index is 12.4. The number of benzene rings is 2. The number of hydrogen-bond acceptors (Lipinski definition) is 2. The van der Waals surface area contributed by atoms with Crippen LogP contribution in [0.15, 0.2) is 54.6 Å². The summed E-state index contributed by atoms with van der Waals surface area (Å²) in [7, 11) is 2.19. The third kappa shape index (κ3) is 4.75. The first-order chi connectivity index (χ1) is 13.9. The van der Waals surface area contributed by atoms with Gasteiger partial charge in [0.2, 0.25) is 0 Å². The number of ether oxygens (including phenoxy) is 1. The summed E-state index contributed by atoms with van der Waals surface area (Å²) in [6.07, 6.45) is -0.401. The molecule has 0 amide bonds. The standard InChI is InChI=1S/C23H25F3N2O/c1-27-13-4-6-19(27)12-14-28-20(16-18-5-2-3-7-22(18)28)15-17-8-10-21(11-9-17)29-23(24,25)26/h2-3,5,7-11,16,19H,4,6,12-15H2,1H3. The van der Waals surface area contributed by atoms with Crippen molar-refractivity contribution < 1.29 is 17.9 Å². The van der Waals surface area contributed by atoms with Crippen molar-refractivity contribution in [1.29, 1.82) is 0 Å². The van der Waals surface area contributed by atoms with E-state index >= 15 is 0 Å². The summed E-state index contributed by atoms with van der Waals surface area (Å²) in [6, 6.07) is 17.3. The highest BCUT2D eigenvalue weighted by atomic mass is 19.4. The SMILES string of the molecule is CN1CCCC1CCn1c(Cc2ccc(OC(F)(F)F)cc2)cc2ccccc21. The second-order valence-electron chi connectivity index (χ2n) is 7.78. The molecule has 3 aromatic rings. The topological polar surface area (TPSA) is 17.4 Å². The van der Waals surface area contributed by atoms with E-state index in [2.05, 4.69) is 39.5 Å². The maximum Gasteiger partial charge on any atom is 0.573 e. The minimum absolute atomic E-state index is 0.189. The van der Waals surface area contributed by atoms with Gasteiger partial charge in [-0.15, -0.1) is 13.2 Å². The van der Waals surface area contributed by atoms with Crippen molar-refractivity contribution in [3.63, 3.8) is 0 Å². The van der Waals surface area contributed by atoms with Gasteiger partial charge >= 0.3 is 6.36 Å². The van der Waals surface area contributed by atoms with Crippen molar-refractivity contribution in [2.75, 3.05) is 13.6 Å². The molecule has 0 saturated carbocycles. The predicted molar refractivity (Wildman–Crippen MR) is 108 cm³/mol. The fourth-order valence-electron chi connectivity index (χ4n) is 4.32. The molecule has 1 fully saturated rings. The van der Waals surface area contributed by atoms with Gasteiger partial charge in [-0.1, -0.05) is 30.3 Å². The molecule has 1 unspecified atom stereocenters. The zero-order valence-corrected chi connectivity index (χ0v) is 16.5. The van der Waals surface area contributed by atoms with Gasteiger partial charge in [-0.3, -0.25) is 0 Å². The van der Waals surface area contributed by atoms with Gasteiger partial charge in [0.05, 0.1) is 0 Å². The maximum atomic E-state index is 12.4. The lowest BCUT2D eigenvalue weighted by atomic mass is 10.1. The molecule has 1 saturated heterocycles. The molecule has 29 heavy (non-hydrogen) atoms. The van der Waals surface area contributed by atoms with Crippen molar-refractivity contribution in [2.45, 2.75) is 44.6 Å². The van der Waals surface area contributed by atoms with Crippen LogP contribution in [0.5, 0.6) is 5.75 Å². The highest BCUT2D eigenvalue weighted by molar-refractivity contribution is 5.81. The molecule has 1 aliphatic heterocycles. The fourth-order valence-corrected chi connectivity index (χ4v) is 4.32. The Kier molecular flexibility index (Phi) is 5.54. The lowest BCUT2D eigenvalue weighted by Gasteiger charge is -2.21. The van der Waals surface area contributed by atoms with Crippen molar-refractivity contribution in [3.8, 4) is 5.75 Å². The van der Waals surface area contributed by atoms with Crippen LogP contribution >= 0.6 is 0 Å². The summed E-state index contributed by atoms with van der Waals surface area (Å²) in [6.45, 7) is 2.10. The highest BCUT2D eigenvalue weighted by Crippen LogP contribution is 2.27. The van der Waals surface area contributed by atoms with E-state index in [9.17, 15) is 13.2 Å². The van der Waals surface area contributed by atoms with Crippen LogP contribution in [0.4, 0.5) is 13.2 Å². The molecule has 154 valence electrons. The third-order valence-corrected chi connectivity index (χ3v) is 5.80. The van der Waals surface area contributed by atoms with Crippen LogP contribution < -0.4 is 4.74 Å². The third-order valence-electron chi connectivity index (χ3n) is 5.80. The van der Waals surface area contributed by atoms with Gasteiger partial charge < -0.3 is 14.2 Å². The summed E-state index contributed by atoms with van der Waals surface area (Å²) in [5.74, 6) is -0.189. The van der Waals surface area contributed by atoms with Crippen LogP contribution in [0.25, 0.3) is 10.9 Å². The van der Waals surface area contributed by atoms with Crippen molar-refractivity contribution in [1.82, 2.24) is 9.47 Å². The number of nitrogens with zero attached hydrogens (tertiary/aromatic N) is 2. The molecule has 2 heterocycles. The van der Waals surface area contributed by atoms with Gasteiger partial charge in [0.25, 0.3) is 0 Å². The molecule has 4 rings (SSSR count). The number of aryl methyl sites for hydroxylation is 1. The molecular formula is C23H25F3N2O. The quantitative estimate of drug-likeness (QED) is 0.533. The normalized spacial score (nSPS) is 17.9. The van der Waals surface area contributed by atoms with E-state index in [4.69, 9.17) is 0 Å². The van der Waals surface area contributed by atoms with Gasteiger partial charge in [-0.25, -0.2) is 0 Å². The van der Waals surface area contributed by atoms with Gasteiger partial charge in [-0.2, -0.15) is 0 Å². The lowest BCUT2D eigenvalue weighted by Crippen LogP contribution is -2.26. The van der Waals surface area contributed by atoms with Crippen LogP contribution in [-0.2, 0) is 13.0 Å². The summed E-state index contributed by atoms with van der Waals surface area (Å²) in [5.41, 5.74) is 3.35. The number of fused-ring (bicyclic) bond motifs is 1. The van der Waals surface area contributed by atoms with E-state index < -0.39 is 6.36 Å². The zero-order valence-electron chi connectivity index (χ0n) is 16.5. The predicted octanol–water partition coefficient (Wildman–Crippen LogP) is 5.62.